The fourth-order valence-corrected chi connectivity index (χ4v) is 2.21. The second kappa shape index (κ2) is 5.63. The van der Waals surface area contributed by atoms with Crippen molar-refractivity contribution in [1.29, 1.82) is 0 Å². The molecule has 1 saturated heterocycles. The first kappa shape index (κ1) is 13.9. The molecule has 2 atom stereocenters. The molecule has 1 N–H and O–H groups in total. The second-order valence-corrected chi connectivity index (χ2v) is 4.53. The van der Waals surface area contributed by atoms with Crippen molar-refractivity contribution in [2.45, 2.75) is 19.1 Å². The Balaban J connectivity index is 2.14. The first-order valence-corrected chi connectivity index (χ1v) is 6.02. The maximum Gasteiger partial charge on any atom is 0.334 e. The van der Waals surface area contributed by atoms with Crippen molar-refractivity contribution in [2.24, 2.45) is 0 Å². The van der Waals surface area contributed by atoms with E-state index in [0.29, 0.717) is 12.1 Å². The Morgan fingerprint density at radius 2 is 2.26 bits per heavy atom. The van der Waals surface area contributed by atoms with Gasteiger partial charge < -0.3 is 9.84 Å². The average molecular weight is 271 g/mol. The summed E-state index contributed by atoms with van der Waals surface area (Å²) < 4.78 is 31.7. The molecule has 0 amide bonds. The minimum atomic E-state index is -1.03. The molecule has 0 bridgehead atoms. The standard InChI is InChI=1S/C13H15F2NO3/c1-8(10-3-2-9(14)6-11(10)15)16-4-5-19-12(7-16)13(17)18/h2-3,6,8,12H,4-5,7H2,1H3,(H,17,18). The molecular weight excluding hydrogens is 256 g/mol. The number of carbonyl (C=O) groups is 1. The molecule has 1 aromatic rings. The number of nitrogens with zero attached hydrogens (tertiary/aromatic N) is 1. The van der Waals surface area contributed by atoms with Crippen LogP contribution in [-0.4, -0.2) is 41.8 Å². The first-order chi connectivity index (χ1) is 8.99. The molecule has 104 valence electrons. The SMILES string of the molecule is CC(c1ccc(F)cc1F)N1CCOC(C(=O)O)C1. The zero-order valence-electron chi connectivity index (χ0n) is 10.5. The molecule has 0 aliphatic carbocycles. The van der Waals surface area contributed by atoms with Crippen molar-refractivity contribution >= 4 is 5.97 Å². The van der Waals surface area contributed by atoms with Gasteiger partial charge in [-0.15, -0.1) is 0 Å². The lowest BCUT2D eigenvalue weighted by Gasteiger charge is -2.35. The van der Waals surface area contributed by atoms with E-state index in [9.17, 15) is 13.6 Å². The van der Waals surface area contributed by atoms with Crippen LogP contribution in [-0.2, 0) is 9.53 Å². The van der Waals surface area contributed by atoms with Crippen LogP contribution >= 0.6 is 0 Å². The van der Waals surface area contributed by atoms with Crippen molar-refractivity contribution < 1.29 is 23.4 Å². The minimum Gasteiger partial charge on any atom is -0.479 e. The van der Waals surface area contributed by atoms with E-state index in [0.717, 1.165) is 6.07 Å². The highest BCUT2D eigenvalue weighted by molar-refractivity contribution is 5.72. The van der Waals surface area contributed by atoms with Crippen molar-refractivity contribution in [3.63, 3.8) is 0 Å². The number of ether oxygens (including phenoxy) is 1. The lowest BCUT2D eigenvalue weighted by molar-refractivity contribution is -0.157. The molecular formula is C13H15F2NO3. The molecule has 1 heterocycles. The minimum absolute atomic E-state index is 0.188. The van der Waals surface area contributed by atoms with Crippen LogP contribution in [0.5, 0.6) is 0 Å². The number of benzene rings is 1. The number of carboxylic acids is 1. The molecule has 1 aliphatic rings. The van der Waals surface area contributed by atoms with Crippen molar-refractivity contribution in [2.75, 3.05) is 19.7 Å². The van der Waals surface area contributed by atoms with Crippen LogP contribution in [0.3, 0.4) is 0 Å². The molecule has 0 radical (unpaired) electrons. The van der Waals surface area contributed by atoms with Crippen LogP contribution < -0.4 is 0 Å². The Kier molecular flexibility index (Phi) is 4.11. The molecule has 0 spiro atoms. The average Bonchev–Trinajstić information content (AvgIpc) is 2.38. The molecule has 1 aliphatic heterocycles. The Hall–Kier alpha value is -1.53. The van der Waals surface area contributed by atoms with Crippen molar-refractivity contribution in [1.82, 2.24) is 4.90 Å². The van der Waals surface area contributed by atoms with Crippen molar-refractivity contribution in [3.05, 3.63) is 35.4 Å². The summed E-state index contributed by atoms with van der Waals surface area (Å²) in [5, 5.41) is 8.92. The van der Waals surface area contributed by atoms with Gasteiger partial charge in [0, 0.05) is 30.8 Å². The molecule has 19 heavy (non-hydrogen) atoms. The predicted molar refractivity (Wildman–Crippen MR) is 63.7 cm³/mol. The predicted octanol–water partition coefficient (Wildman–Crippen LogP) is 1.81. The zero-order valence-corrected chi connectivity index (χ0v) is 10.5. The number of carboxylic acid groups (broad SMARTS) is 1. The fourth-order valence-electron chi connectivity index (χ4n) is 2.21. The zero-order chi connectivity index (χ0) is 14.0. The summed E-state index contributed by atoms with van der Waals surface area (Å²) in [7, 11) is 0. The fraction of sp³-hybridized carbons (Fsp3) is 0.462. The number of morpholine rings is 1. The maximum atomic E-state index is 13.7. The Morgan fingerprint density at radius 1 is 1.53 bits per heavy atom. The summed E-state index contributed by atoms with van der Waals surface area (Å²) in [4.78, 5) is 12.7. The highest BCUT2D eigenvalue weighted by atomic mass is 19.1. The van der Waals surface area contributed by atoms with Crippen LogP contribution in [0, 0.1) is 11.6 Å². The quantitative estimate of drug-likeness (QED) is 0.911. The van der Waals surface area contributed by atoms with Gasteiger partial charge in [0.2, 0.25) is 0 Å². The molecule has 0 saturated carbocycles. The van der Waals surface area contributed by atoms with Gasteiger partial charge in [0.25, 0.3) is 0 Å². The molecule has 6 heteroatoms. The highest BCUT2D eigenvalue weighted by Crippen LogP contribution is 2.25. The smallest absolute Gasteiger partial charge is 0.334 e. The monoisotopic (exact) mass is 271 g/mol. The number of rotatable bonds is 3. The van der Waals surface area contributed by atoms with Gasteiger partial charge in [-0.25, -0.2) is 13.6 Å². The summed E-state index contributed by atoms with van der Waals surface area (Å²) in [5.74, 6) is -2.28. The van der Waals surface area contributed by atoms with Gasteiger partial charge >= 0.3 is 5.97 Å². The largest absolute Gasteiger partial charge is 0.479 e. The van der Waals surface area contributed by atoms with E-state index < -0.39 is 23.7 Å². The van der Waals surface area contributed by atoms with E-state index in [1.165, 1.54) is 12.1 Å². The van der Waals surface area contributed by atoms with Gasteiger partial charge in [-0.1, -0.05) is 6.07 Å². The van der Waals surface area contributed by atoms with Crippen LogP contribution in [0.25, 0.3) is 0 Å². The molecule has 2 unspecified atom stereocenters. The van der Waals surface area contributed by atoms with E-state index in [4.69, 9.17) is 9.84 Å². The summed E-state index contributed by atoms with van der Waals surface area (Å²) in [6.07, 6.45) is -0.903. The summed E-state index contributed by atoms with van der Waals surface area (Å²) in [5.41, 5.74) is 0.354. The number of hydrogen-bond donors (Lipinski definition) is 1. The van der Waals surface area contributed by atoms with Gasteiger partial charge in [0.05, 0.1) is 6.61 Å². The maximum absolute atomic E-state index is 13.7. The van der Waals surface area contributed by atoms with E-state index >= 15 is 0 Å². The Morgan fingerprint density at radius 3 is 2.89 bits per heavy atom. The topological polar surface area (TPSA) is 49.8 Å². The number of halogens is 2. The van der Waals surface area contributed by atoms with Crippen LogP contribution in [0.1, 0.15) is 18.5 Å². The molecule has 0 aromatic heterocycles. The van der Waals surface area contributed by atoms with E-state index in [2.05, 4.69) is 0 Å². The normalized spacial score (nSPS) is 22.2. The van der Waals surface area contributed by atoms with Crippen LogP contribution in [0.2, 0.25) is 0 Å². The van der Waals surface area contributed by atoms with E-state index in [1.807, 2.05) is 4.90 Å². The van der Waals surface area contributed by atoms with Gasteiger partial charge in [-0.3, -0.25) is 4.90 Å². The van der Waals surface area contributed by atoms with Gasteiger partial charge in [-0.05, 0) is 13.0 Å². The van der Waals surface area contributed by atoms with E-state index in [1.54, 1.807) is 6.92 Å². The van der Waals surface area contributed by atoms with Crippen molar-refractivity contribution in [3.8, 4) is 0 Å². The van der Waals surface area contributed by atoms with Crippen LogP contribution in [0.4, 0.5) is 8.78 Å². The second-order valence-electron chi connectivity index (χ2n) is 4.53. The molecule has 1 aromatic carbocycles. The number of aliphatic carboxylic acids is 1. The third-order valence-electron chi connectivity index (χ3n) is 3.33. The lowest BCUT2D eigenvalue weighted by atomic mass is 10.0. The highest BCUT2D eigenvalue weighted by Gasteiger charge is 2.30. The lowest BCUT2D eigenvalue weighted by Crippen LogP contribution is -2.47. The Bertz CT molecular complexity index is 481. The summed E-state index contributed by atoms with van der Waals surface area (Å²) >= 11 is 0. The summed E-state index contributed by atoms with van der Waals surface area (Å²) in [6.45, 7) is 2.75. The van der Waals surface area contributed by atoms with Gasteiger partial charge in [-0.2, -0.15) is 0 Å². The summed E-state index contributed by atoms with van der Waals surface area (Å²) in [6, 6.07) is 3.09. The number of hydrogen-bond acceptors (Lipinski definition) is 3. The van der Waals surface area contributed by atoms with Gasteiger partial charge in [0.15, 0.2) is 6.10 Å². The first-order valence-electron chi connectivity index (χ1n) is 6.02. The third kappa shape index (κ3) is 3.08. The molecule has 2 rings (SSSR count). The van der Waals surface area contributed by atoms with E-state index in [-0.39, 0.29) is 19.2 Å². The third-order valence-corrected chi connectivity index (χ3v) is 3.33. The van der Waals surface area contributed by atoms with Crippen LogP contribution in [0.15, 0.2) is 18.2 Å². The van der Waals surface area contributed by atoms with Gasteiger partial charge in [0.1, 0.15) is 11.6 Å². The molecule has 1 fully saturated rings. The molecule has 4 nitrogen and oxygen atoms in total. The Labute approximate surface area is 109 Å².